The topological polar surface area (TPSA) is 104 Å². The number of carbonyl (C=O) groups is 3. The number of hydrogen-bond donors (Lipinski definition) is 2. The first-order chi connectivity index (χ1) is 11.4. The number of aliphatic hydroxyl groups excluding tert-OH is 1. The molecular weight excluding hydrogens is 314 g/mol. The van der Waals surface area contributed by atoms with Gasteiger partial charge in [-0.05, 0) is 18.4 Å². The summed E-state index contributed by atoms with van der Waals surface area (Å²) in [6.07, 6.45) is -0.648. The van der Waals surface area contributed by atoms with Crippen molar-refractivity contribution in [3.8, 4) is 0 Å². The molecule has 2 rings (SSSR count). The van der Waals surface area contributed by atoms with Crippen LogP contribution in [0.25, 0.3) is 0 Å². The van der Waals surface area contributed by atoms with Gasteiger partial charge in [0.05, 0.1) is 18.1 Å². The number of benzene rings is 1. The van der Waals surface area contributed by atoms with Crippen molar-refractivity contribution in [3.63, 3.8) is 0 Å². The molecule has 1 aromatic rings. The monoisotopic (exact) mass is 335 g/mol. The minimum Gasteiger partial charge on any atom is -0.475 e. The van der Waals surface area contributed by atoms with E-state index in [0.717, 1.165) is 5.56 Å². The van der Waals surface area contributed by atoms with Crippen LogP contribution in [0, 0.1) is 5.92 Å². The highest BCUT2D eigenvalue weighted by Crippen LogP contribution is 2.25. The van der Waals surface area contributed by atoms with Gasteiger partial charge in [-0.15, -0.1) is 0 Å². The van der Waals surface area contributed by atoms with Gasteiger partial charge in [0.15, 0.2) is 0 Å². The molecule has 7 heteroatoms. The largest absolute Gasteiger partial charge is 0.475 e. The fraction of sp³-hybridized carbons (Fsp3) is 0.471. The highest BCUT2D eigenvalue weighted by atomic mass is 16.6. The van der Waals surface area contributed by atoms with Gasteiger partial charge in [-0.2, -0.15) is 0 Å². The van der Waals surface area contributed by atoms with Crippen LogP contribution in [0.15, 0.2) is 30.3 Å². The van der Waals surface area contributed by atoms with Gasteiger partial charge in [-0.1, -0.05) is 37.3 Å². The van der Waals surface area contributed by atoms with E-state index in [4.69, 9.17) is 9.84 Å². The van der Waals surface area contributed by atoms with Crippen molar-refractivity contribution in [3.05, 3.63) is 35.9 Å². The normalized spacial score (nSPS) is 19.6. The van der Waals surface area contributed by atoms with Crippen molar-refractivity contribution >= 4 is 17.8 Å². The number of carbonyl (C=O) groups excluding carboxylic acids is 2. The van der Waals surface area contributed by atoms with Gasteiger partial charge in [-0.3, -0.25) is 4.79 Å². The fourth-order valence-electron chi connectivity index (χ4n) is 2.86. The third kappa shape index (κ3) is 4.11. The highest BCUT2D eigenvalue weighted by molar-refractivity contribution is 6.33. The van der Waals surface area contributed by atoms with Gasteiger partial charge in [0.1, 0.15) is 6.61 Å². The van der Waals surface area contributed by atoms with Gasteiger partial charge in [0.25, 0.3) is 0 Å². The Morgan fingerprint density at radius 2 is 1.96 bits per heavy atom. The average molecular weight is 335 g/mol. The van der Waals surface area contributed by atoms with Crippen molar-refractivity contribution in [2.24, 2.45) is 5.92 Å². The smallest absolute Gasteiger partial charge is 0.410 e. The number of carboxylic acids is 1. The van der Waals surface area contributed by atoms with Crippen LogP contribution >= 0.6 is 0 Å². The molecule has 0 aliphatic carbocycles. The molecule has 0 saturated carbocycles. The maximum atomic E-state index is 12.3. The molecule has 1 saturated heterocycles. The zero-order valence-corrected chi connectivity index (χ0v) is 13.4. The number of ketones is 1. The number of nitrogens with zero attached hydrogens (tertiary/aromatic N) is 1. The molecule has 0 bridgehead atoms. The molecule has 130 valence electrons. The third-order valence-corrected chi connectivity index (χ3v) is 4.27. The van der Waals surface area contributed by atoms with E-state index in [1.807, 2.05) is 30.3 Å². The molecule has 1 fully saturated rings. The van der Waals surface area contributed by atoms with E-state index in [1.165, 1.54) is 11.8 Å². The van der Waals surface area contributed by atoms with Crippen molar-refractivity contribution < 1.29 is 29.3 Å². The van der Waals surface area contributed by atoms with Gasteiger partial charge in [-0.25, -0.2) is 9.59 Å². The average Bonchev–Trinajstić information content (AvgIpc) is 3.08. The van der Waals surface area contributed by atoms with Crippen LogP contribution in [-0.2, 0) is 20.9 Å². The number of rotatable bonds is 6. The van der Waals surface area contributed by atoms with Gasteiger partial charge >= 0.3 is 12.1 Å². The predicted octanol–water partition coefficient (Wildman–Crippen LogP) is 1.44. The van der Waals surface area contributed by atoms with Crippen LogP contribution in [0.4, 0.5) is 4.79 Å². The van der Waals surface area contributed by atoms with Crippen LogP contribution in [0.3, 0.4) is 0 Å². The second kappa shape index (κ2) is 7.92. The number of amides is 1. The van der Waals surface area contributed by atoms with Gasteiger partial charge < -0.3 is 19.8 Å². The van der Waals surface area contributed by atoms with Gasteiger partial charge in [0, 0.05) is 6.54 Å². The summed E-state index contributed by atoms with van der Waals surface area (Å²) < 4.78 is 5.25. The van der Waals surface area contributed by atoms with Crippen LogP contribution in [0.1, 0.15) is 25.3 Å². The lowest BCUT2D eigenvalue weighted by atomic mass is 9.92. The number of likely N-dealkylation sites (tertiary alicyclic amines) is 1. The second-order valence-electron chi connectivity index (χ2n) is 5.89. The molecule has 1 aliphatic rings. The minimum atomic E-state index is -1.59. The Morgan fingerprint density at radius 3 is 2.58 bits per heavy atom. The summed E-state index contributed by atoms with van der Waals surface area (Å²) in [6.45, 7) is 1.87. The quantitative estimate of drug-likeness (QED) is 0.762. The number of carboxylic acid groups (broad SMARTS) is 1. The van der Waals surface area contributed by atoms with Gasteiger partial charge in [0.2, 0.25) is 5.78 Å². The summed E-state index contributed by atoms with van der Waals surface area (Å²) in [5, 5.41) is 19.1. The van der Waals surface area contributed by atoms with Crippen molar-refractivity contribution in [2.75, 3.05) is 6.54 Å². The lowest BCUT2D eigenvalue weighted by Crippen LogP contribution is -2.47. The van der Waals surface area contributed by atoms with Crippen LogP contribution < -0.4 is 0 Å². The Morgan fingerprint density at radius 1 is 1.29 bits per heavy atom. The summed E-state index contributed by atoms with van der Waals surface area (Å²) in [5.74, 6) is -3.74. The lowest BCUT2D eigenvalue weighted by Gasteiger charge is -2.30. The van der Waals surface area contributed by atoms with Crippen LogP contribution in [-0.4, -0.2) is 51.6 Å². The summed E-state index contributed by atoms with van der Waals surface area (Å²) in [5.41, 5.74) is 0.844. The van der Waals surface area contributed by atoms with Crippen LogP contribution in [0.5, 0.6) is 0 Å². The van der Waals surface area contributed by atoms with E-state index in [2.05, 4.69) is 0 Å². The zero-order chi connectivity index (χ0) is 17.7. The number of Topliss-reactive ketones (excluding diaryl/α,β-unsaturated/α-hetero) is 1. The summed E-state index contributed by atoms with van der Waals surface area (Å²) in [6, 6.07) is 8.58. The molecule has 3 atom stereocenters. The maximum Gasteiger partial charge on any atom is 0.410 e. The molecule has 0 unspecified atom stereocenters. The SMILES string of the molecule is C[C@H](C(=O)C(=O)O)[C@H](O)[C@@H]1CCCN1C(=O)OCc1ccccc1. The van der Waals surface area contributed by atoms with Crippen molar-refractivity contribution in [2.45, 2.75) is 38.5 Å². The molecule has 7 nitrogen and oxygen atoms in total. The van der Waals surface area contributed by atoms with Crippen LogP contribution in [0.2, 0.25) is 0 Å². The number of ether oxygens (including phenoxy) is 1. The Bertz CT molecular complexity index is 602. The molecule has 24 heavy (non-hydrogen) atoms. The molecular formula is C17H21NO6. The van der Waals surface area contributed by atoms with E-state index in [9.17, 15) is 19.5 Å². The molecule has 0 spiro atoms. The molecule has 2 N–H and O–H groups in total. The lowest BCUT2D eigenvalue weighted by molar-refractivity contribution is -0.153. The standard InChI is InChI=1S/C17H21NO6/c1-11(15(20)16(21)22)14(19)13-8-5-9-18(13)17(23)24-10-12-6-3-2-4-7-12/h2-4,6-7,11,13-14,19H,5,8-10H2,1H3,(H,21,22)/t11-,13-,14-/m0/s1. The number of aliphatic carboxylic acids is 1. The van der Waals surface area contributed by atoms with E-state index in [0.29, 0.717) is 19.4 Å². The maximum absolute atomic E-state index is 12.3. The summed E-state index contributed by atoms with van der Waals surface area (Å²) >= 11 is 0. The minimum absolute atomic E-state index is 0.114. The second-order valence-corrected chi connectivity index (χ2v) is 5.89. The molecule has 0 aromatic heterocycles. The first kappa shape index (κ1) is 17.9. The van der Waals surface area contributed by atoms with Crippen molar-refractivity contribution in [1.29, 1.82) is 0 Å². The molecule has 0 radical (unpaired) electrons. The molecule has 1 aromatic carbocycles. The highest BCUT2D eigenvalue weighted by Gasteiger charge is 2.40. The van der Waals surface area contributed by atoms with E-state index in [-0.39, 0.29) is 6.61 Å². The third-order valence-electron chi connectivity index (χ3n) is 4.27. The number of hydrogen-bond acceptors (Lipinski definition) is 5. The van der Waals surface area contributed by atoms with E-state index < -0.39 is 35.9 Å². The zero-order valence-electron chi connectivity index (χ0n) is 13.4. The summed E-state index contributed by atoms with van der Waals surface area (Å²) in [7, 11) is 0. The Balaban J connectivity index is 1.97. The first-order valence-corrected chi connectivity index (χ1v) is 7.84. The Hall–Kier alpha value is -2.41. The number of aliphatic hydroxyl groups is 1. The molecule has 1 heterocycles. The van der Waals surface area contributed by atoms with Crippen molar-refractivity contribution in [1.82, 2.24) is 4.90 Å². The Kier molecular flexibility index (Phi) is 5.92. The molecule has 1 aliphatic heterocycles. The Labute approximate surface area is 139 Å². The predicted molar refractivity (Wildman–Crippen MR) is 84.2 cm³/mol. The molecule has 1 amide bonds. The first-order valence-electron chi connectivity index (χ1n) is 7.84. The van der Waals surface area contributed by atoms with E-state index >= 15 is 0 Å². The fourth-order valence-corrected chi connectivity index (χ4v) is 2.86. The summed E-state index contributed by atoms with van der Waals surface area (Å²) in [4.78, 5) is 35.9. The van der Waals surface area contributed by atoms with E-state index in [1.54, 1.807) is 0 Å².